The molecule has 0 radical (unpaired) electrons. The lowest BCUT2D eigenvalue weighted by Crippen LogP contribution is -2.49. The number of nitro benzene ring substituents is 2. The van der Waals surface area contributed by atoms with Crippen molar-refractivity contribution in [3.05, 3.63) is 96.8 Å². The van der Waals surface area contributed by atoms with Crippen molar-refractivity contribution in [3.8, 4) is 5.75 Å². The quantitative estimate of drug-likeness (QED) is 0.0288. The molecule has 1 saturated carbocycles. The number of fused-ring (bicyclic) bond motifs is 1. The molecule has 2 aromatic carbocycles. The van der Waals surface area contributed by atoms with E-state index in [4.69, 9.17) is 52.1 Å². The highest BCUT2D eigenvalue weighted by Crippen LogP contribution is 2.47. The van der Waals surface area contributed by atoms with Gasteiger partial charge in [0.25, 0.3) is 17.3 Å². The Bertz CT molecular complexity index is 2550. The molecule has 2 aliphatic heterocycles. The van der Waals surface area contributed by atoms with E-state index in [0.717, 1.165) is 51.4 Å². The van der Waals surface area contributed by atoms with E-state index in [1.807, 2.05) is 0 Å². The molecule has 27 heteroatoms. The summed E-state index contributed by atoms with van der Waals surface area (Å²) in [4.78, 5) is 54.2. The van der Waals surface area contributed by atoms with Crippen LogP contribution in [0.2, 0.25) is 0 Å². The fourth-order valence-corrected chi connectivity index (χ4v) is 10.5. The smallest absolute Gasteiger partial charge is 0.418 e. The van der Waals surface area contributed by atoms with Gasteiger partial charge in [0.2, 0.25) is 5.91 Å². The van der Waals surface area contributed by atoms with Gasteiger partial charge in [-0.15, -0.1) is 0 Å². The van der Waals surface area contributed by atoms with E-state index in [2.05, 4.69) is 34.8 Å². The van der Waals surface area contributed by atoms with E-state index >= 15 is 0 Å². The third-order valence-electron chi connectivity index (χ3n) is 15.2. The van der Waals surface area contributed by atoms with Gasteiger partial charge in [0.15, 0.2) is 0 Å². The standard InChI is InChI=1S/C60H88F3N7O17/c1-45(2)59(15-11-49(43-59)66-48-13-20-77-21-14-48)58(72)68-18-12-53-47(44-68)41-52(60(61,62)63)54(67-53)8-3-4-19-87-51-7-5-6-46(40-51)57(71)65-17-23-79-25-27-81-29-31-83-33-35-85-37-39-86-38-36-84-34-32-82-30-28-80-26-24-78-22-16-64-55-10-9-50(69(73)74)42-56(55)70(75)76/h5-7,9-10,40-42,45,48-49,64,66H,3-4,8,11-39,43-44H2,1-2H3,(H,65,71)/t49-,59+/m1/s1. The van der Waals surface area contributed by atoms with Crippen LogP contribution >= 0.6 is 0 Å². The molecule has 486 valence electrons. The number of nitrogens with zero attached hydrogens (tertiary/aromatic N) is 4. The highest BCUT2D eigenvalue weighted by molar-refractivity contribution is 5.94. The van der Waals surface area contributed by atoms with Crippen LogP contribution in [-0.2, 0) is 77.7 Å². The van der Waals surface area contributed by atoms with Gasteiger partial charge in [-0.3, -0.25) is 34.8 Å². The Labute approximate surface area is 506 Å². The highest BCUT2D eigenvalue weighted by Gasteiger charge is 2.50. The molecule has 3 heterocycles. The Morgan fingerprint density at radius 3 is 1.84 bits per heavy atom. The maximum absolute atomic E-state index is 14.5. The van der Waals surface area contributed by atoms with Crippen molar-refractivity contribution < 1.29 is 84.7 Å². The molecule has 3 N–H and O–H groups in total. The van der Waals surface area contributed by atoms with Crippen molar-refractivity contribution in [2.24, 2.45) is 11.3 Å². The number of aromatic nitrogens is 1. The number of amides is 2. The van der Waals surface area contributed by atoms with Crippen LogP contribution in [0.1, 0.15) is 91.7 Å². The number of aryl methyl sites for hydroxylation is 1. The molecular weight excluding hydrogens is 1150 g/mol. The first-order valence-corrected chi connectivity index (χ1v) is 30.2. The predicted octanol–water partition coefficient (Wildman–Crippen LogP) is 7.16. The van der Waals surface area contributed by atoms with Crippen LogP contribution < -0.4 is 20.7 Å². The van der Waals surface area contributed by atoms with Crippen LogP contribution in [0.15, 0.2) is 48.5 Å². The largest absolute Gasteiger partial charge is 0.494 e. The number of pyridine rings is 1. The number of benzene rings is 2. The molecule has 3 aromatic rings. The lowest BCUT2D eigenvalue weighted by molar-refractivity contribution is -0.393. The van der Waals surface area contributed by atoms with Gasteiger partial charge in [-0.2, -0.15) is 13.2 Å². The van der Waals surface area contributed by atoms with Gasteiger partial charge in [0.1, 0.15) is 11.4 Å². The number of carbonyl (C=O) groups excluding carboxylic acids is 2. The van der Waals surface area contributed by atoms with Crippen LogP contribution in [-0.4, -0.2) is 202 Å². The van der Waals surface area contributed by atoms with Gasteiger partial charge in [0, 0.05) is 75.2 Å². The SMILES string of the molecule is CC(C)[C@]1(C(=O)N2CCc3nc(CCCCOc4cccc(C(=O)NCCOCCOCCOCCOCCOCCOCCOCCOCCOCCNc5ccc([N+](=O)[O-])cc5[N+](=O)[O-])c4)c(C(F)(F)F)cc3C2)CC[C@@H](NC2CCOCC2)C1. The van der Waals surface area contributed by atoms with Crippen molar-refractivity contribution in [2.75, 3.05) is 164 Å². The Hall–Kier alpha value is -5.72. The van der Waals surface area contributed by atoms with E-state index in [-0.39, 0.29) is 92.4 Å². The molecule has 3 aliphatic rings. The Kier molecular flexibility index (Phi) is 31.3. The highest BCUT2D eigenvalue weighted by atomic mass is 19.4. The molecule has 0 unspecified atom stereocenters. The van der Waals surface area contributed by atoms with Crippen LogP contribution in [0.25, 0.3) is 0 Å². The number of anilines is 1. The molecule has 0 bridgehead atoms. The fourth-order valence-electron chi connectivity index (χ4n) is 10.5. The number of alkyl halides is 3. The minimum Gasteiger partial charge on any atom is -0.494 e. The van der Waals surface area contributed by atoms with Gasteiger partial charge in [-0.1, -0.05) is 19.9 Å². The maximum atomic E-state index is 14.5. The topological polar surface area (TPSA) is 274 Å². The summed E-state index contributed by atoms with van der Waals surface area (Å²) in [7, 11) is 0. The summed E-state index contributed by atoms with van der Waals surface area (Å²) < 4.78 is 105. The van der Waals surface area contributed by atoms with Gasteiger partial charge < -0.3 is 73.0 Å². The number of nitro groups is 2. The maximum Gasteiger partial charge on any atom is 0.418 e. The van der Waals surface area contributed by atoms with Crippen molar-refractivity contribution in [3.63, 3.8) is 0 Å². The summed E-state index contributed by atoms with van der Waals surface area (Å²) in [5, 5.41) is 31.5. The molecule has 2 amide bonds. The number of carbonyl (C=O) groups is 2. The van der Waals surface area contributed by atoms with E-state index < -0.39 is 27.0 Å². The average molecular weight is 1240 g/mol. The van der Waals surface area contributed by atoms with E-state index in [0.29, 0.717) is 160 Å². The zero-order chi connectivity index (χ0) is 62.1. The lowest BCUT2D eigenvalue weighted by atomic mass is 9.74. The number of hydrogen-bond acceptors (Lipinski definition) is 20. The third kappa shape index (κ3) is 24.6. The second-order valence-corrected chi connectivity index (χ2v) is 21.6. The number of hydrogen-bond donors (Lipinski definition) is 3. The zero-order valence-corrected chi connectivity index (χ0v) is 50.3. The summed E-state index contributed by atoms with van der Waals surface area (Å²) >= 11 is 0. The van der Waals surface area contributed by atoms with Crippen molar-refractivity contribution in [2.45, 2.75) is 96.4 Å². The monoisotopic (exact) mass is 1240 g/mol. The summed E-state index contributed by atoms with van der Waals surface area (Å²) in [6, 6.07) is 11.9. The number of halogens is 3. The van der Waals surface area contributed by atoms with Gasteiger partial charge in [-0.05, 0) is 93.2 Å². The normalized spacial score (nSPS) is 17.2. The zero-order valence-electron chi connectivity index (χ0n) is 50.3. The number of nitrogens with one attached hydrogen (secondary N) is 3. The van der Waals surface area contributed by atoms with Crippen LogP contribution in [0.3, 0.4) is 0 Å². The number of unbranched alkanes of at least 4 members (excludes halogenated alkanes) is 1. The molecular formula is C60H88F3N7O17. The van der Waals surface area contributed by atoms with Gasteiger partial charge >= 0.3 is 6.18 Å². The minimum atomic E-state index is -4.60. The fraction of sp³-hybridized carbons (Fsp3) is 0.683. The number of rotatable bonds is 44. The average Bonchev–Trinajstić information content (AvgIpc) is 1.85. The first-order chi connectivity index (χ1) is 42.1. The molecule has 1 aliphatic carbocycles. The lowest BCUT2D eigenvalue weighted by Gasteiger charge is -2.40. The third-order valence-corrected chi connectivity index (χ3v) is 15.2. The van der Waals surface area contributed by atoms with Gasteiger partial charge in [-0.25, -0.2) is 0 Å². The van der Waals surface area contributed by atoms with Gasteiger partial charge in [0.05, 0.1) is 158 Å². The summed E-state index contributed by atoms with van der Waals surface area (Å²) in [6.07, 6.45) is 1.09. The Balaban J connectivity index is 0.695. The molecule has 0 spiro atoms. The second kappa shape index (κ2) is 38.6. The van der Waals surface area contributed by atoms with Crippen LogP contribution in [0.5, 0.6) is 5.75 Å². The molecule has 1 aromatic heterocycles. The van der Waals surface area contributed by atoms with E-state index in [9.17, 15) is 43.0 Å². The second-order valence-electron chi connectivity index (χ2n) is 21.6. The molecule has 24 nitrogen and oxygen atoms in total. The molecule has 87 heavy (non-hydrogen) atoms. The van der Waals surface area contributed by atoms with Crippen LogP contribution in [0.4, 0.5) is 30.2 Å². The first-order valence-electron chi connectivity index (χ1n) is 30.2. The first kappa shape index (κ1) is 70.4. The minimum absolute atomic E-state index is 0.0105. The van der Waals surface area contributed by atoms with Crippen molar-refractivity contribution >= 4 is 28.9 Å². The number of ether oxygens (including phenoxy) is 11. The molecule has 2 atom stereocenters. The molecule has 2 fully saturated rings. The Morgan fingerprint density at radius 1 is 0.713 bits per heavy atom. The number of non-ortho nitro benzene ring substituents is 1. The molecule has 6 rings (SSSR count). The molecule has 1 saturated heterocycles. The van der Waals surface area contributed by atoms with Crippen molar-refractivity contribution in [1.82, 2.24) is 20.5 Å². The predicted molar refractivity (Wildman–Crippen MR) is 313 cm³/mol. The summed E-state index contributed by atoms with van der Waals surface area (Å²) in [5.74, 6) is 0.298. The summed E-state index contributed by atoms with van der Waals surface area (Å²) in [5.41, 5.74) is -0.393. The van der Waals surface area contributed by atoms with E-state index in [1.54, 1.807) is 29.2 Å². The summed E-state index contributed by atoms with van der Waals surface area (Å²) in [6.45, 7) is 13.7. The van der Waals surface area contributed by atoms with Crippen molar-refractivity contribution in [1.29, 1.82) is 0 Å². The van der Waals surface area contributed by atoms with E-state index in [1.165, 1.54) is 18.2 Å². The Morgan fingerprint density at radius 2 is 1.29 bits per heavy atom. The van der Waals surface area contributed by atoms with Crippen LogP contribution in [0, 0.1) is 31.6 Å².